The van der Waals surface area contributed by atoms with Crippen LogP contribution in [0, 0.1) is 16.0 Å². The Kier molecular flexibility index (Phi) is 5.04. The van der Waals surface area contributed by atoms with Crippen LogP contribution in [0.5, 0.6) is 0 Å². The molecule has 0 radical (unpaired) electrons. The average Bonchev–Trinajstić information content (AvgIpc) is 3.08. The van der Waals surface area contributed by atoms with Crippen LogP contribution in [0.3, 0.4) is 0 Å². The summed E-state index contributed by atoms with van der Waals surface area (Å²) in [5, 5.41) is 11.6. The Bertz CT molecular complexity index is 669. The van der Waals surface area contributed by atoms with Crippen LogP contribution in [0.25, 0.3) is 0 Å². The number of nitro benzene ring substituents is 1. The number of halogens is 1. The van der Waals surface area contributed by atoms with Gasteiger partial charge in [0.2, 0.25) is 5.91 Å². The van der Waals surface area contributed by atoms with E-state index >= 15 is 0 Å². The Labute approximate surface area is 145 Å². The summed E-state index contributed by atoms with van der Waals surface area (Å²) in [5.74, 6) is 0.546. The molecule has 3 rings (SSSR count). The number of nitro groups is 1. The number of carbonyl (C=O) groups excluding carboxylic acids is 1. The zero-order valence-corrected chi connectivity index (χ0v) is 14.1. The summed E-state index contributed by atoms with van der Waals surface area (Å²) in [6, 6.07) is 4.72. The first-order chi connectivity index (χ1) is 11.5. The molecule has 0 aromatic heterocycles. The van der Waals surface area contributed by atoms with E-state index in [0.717, 1.165) is 12.8 Å². The number of hydrogen-bond donors (Lipinski definition) is 0. The average molecular weight is 350 g/mol. The minimum Gasteiger partial charge on any atom is -0.362 e. The van der Waals surface area contributed by atoms with Gasteiger partial charge in [0.15, 0.2) is 0 Å². The first-order valence-electron chi connectivity index (χ1n) is 8.18. The predicted molar refractivity (Wildman–Crippen MR) is 93.4 cm³/mol. The van der Waals surface area contributed by atoms with Gasteiger partial charge in [-0.05, 0) is 30.9 Å². The highest BCUT2D eigenvalue weighted by Crippen LogP contribution is 2.31. The van der Waals surface area contributed by atoms with Crippen molar-refractivity contribution in [3.8, 4) is 0 Å². The lowest BCUT2D eigenvalue weighted by Crippen LogP contribution is -2.49. The summed E-state index contributed by atoms with van der Waals surface area (Å²) < 4.78 is 0. The maximum absolute atomic E-state index is 12.4. The summed E-state index contributed by atoms with van der Waals surface area (Å²) in [6.07, 6.45) is 6.95. The molecule has 7 heteroatoms. The fraction of sp³-hybridized carbons (Fsp3) is 0.471. The fourth-order valence-corrected chi connectivity index (χ4v) is 3.49. The number of amides is 1. The molecule has 1 aliphatic heterocycles. The molecule has 1 aliphatic carbocycles. The van der Waals surface area contributed by atoms with Gasteiger partial charge >= 0.3 is 0 Å². The van der Waals surface area contributed by atoms with Crippen molar-refractivity contribution >= 4 is 28.9 Å². The molecule has 1 aromatic rings. The van der Waals surface area contributed by atoms with Crippen LogP contribution < -0.4 is 4.90 Å². The summed E-state index contributed by atoms with van der Waals surface area (Å²) >= 11 is 5.86. The molecular formula is C17H20ClN3O3. The van der Waals surface area contributed by atoms with E-state index in [1.54, 1.807) is 12.1 Å². The van der Waals surface area contributed by atoms with Gasteiger partial charge in [0.1, 0.15) is 5.69 Å². The van der Waals surface area contributed by atoms with E-state index in [2.05, 4.69) is 12.2 Å². The summed E-state index contributed by atoms with van der Waals surface area (Å²) in [6.45, 7) is 2.37. The number of piperazine rings is 1. The molecule has 1 atom stereocenters. The monoisotopic (exact) mass is 349 g/mol. The van der Waals surface area contributed by atoms with Gasteiger partial charge in [-0.15, -0.1) is 0 Å². The molecule has 0 bridgehead atoms. The van der Waals surface area contributed by atoms with Crippen LogP contribution in [0.1, 0.15) is 19.3 Å². The van der Waals surface area contributed by atoms with Crippen LogP contribution in [0.4, 0.5) is 11.4 Å². The second-order valence-corrected chi connectivity index (χ2v) is 6.66. The second kappa shape index (κ2) is 7.21. The van der Waals surface area contributed by atoms with Gasteiger partial charge in [0.25, 0.3) is 5.69 Å². The van der Waals surface area contributed by atoms with Crippen molar-refractivity contribution in [1.29, 1.82) is 0 Å². The van der Waals surface area contributed by atoms with Crippen LogP contribution in [0.2, 0.25) is 5.02 Å². The Morgan fingerprint density at radius 2 is 2.04 bits per heavy atom. The first kappa shape index (κ1) is 16.8. The number of carbonyl (C=O) groups is 1. The molecule has 1 unspecified atom stereocenters. The Morgan fingerprint density at radius 1 is 1.29 bits per heavy atom. The predicted octanol–water partition coefficient (Wildman–Crippen LogP) is 3.25. The molecule has 0 saturated carbocycles. The van der Waals surface area contributed by atoms with Gasteiger partial charge in [-0.3, -0.25) is 14.9 Å². The number of rotatable bonds is 4. The number of hydrogen-bond acceptors (Lipinski definition) is 4. The highest BCUT2D eigenvalue weighted by Gasteiger charge is 2.27. The van der Waals surface area contributed by atoms with Gasteiger partial charge in [-0.1, -0.05) is 23.8 Å². The number of nitrogens with zero attached hydrogens (tertiary/aromatic N) is 3. The maximum Gasteiger partial charge on any atom is 0.294 e. The van der Waals surface area contributed by atoms with E-state index in [-0.39, 0.29) is 11.6 Å². The van der Waals surface area contributed by atoms with Crippen LogP contribution >= 0.6 is 11.6 Å². The molecule has 0 spiro atoms. The number of benzene rings is 1. The Morgan fingerprint density at radius 3 is 2.67 bits per heavy atom. The molecule has 2 aliphatic rings. The zero-order valence-electron chi connectivity index (χ0n) is 13.4. The summed E-state index contributed by atoms with van der Waals surface area (Å²) in [4.78, 5) is 27.0. The molecule has 1 fully saturated rings. The van der Waals surface area contributed by atoms with Crippen molar-refractivity contribution in [1.82, 2.24) is 4.90 Å². The summed E-state index contributed by atoms with van der Waals surface area (Å²) in [7, 11) is 0. The number of allylic oxidation sites excluding steroid dienone is 2. The second-order valence-electron chi connectivity index (χ2n) is 6.23. The fourth-order valence-electron chi connectivity index (χ4n) is 3.33. The lowest BCUT2D eigenvalue weighted by molar-refractivity contribution is -0.384. The van der Waals surface area contributed by atoms with E-state index < -0.39 is 4.92 Å². The molecule has 128 valence electrons. The van der Waals surface area contributed by atoms with Crippen molar-refractivity contribution < 1.29 is 9.72 Å². The van der Waals surface area contributed by atoms with Crippen molar-refractivity contribution in [3.05, 3.63) is 45.5 Å². The van der Waals surface area contributed by atoms with E-state index in [1.807, 2.05) is 9.80 Å². The van der Waals surface area contributed by atoms with Crippen LogP contribution in [-0.4, -0.2) is 41.9 Å². The van der Waals surface area contributed by atoms with Gasteiger partial charge < -0.3 is 9.80 Å². The quantitative estimate of drug-likeness (QED) is 0.475. The Hall–Kier alpha value is -2.08. The van der Waals surface area contributed by atoms with Crippen LogP contribution in [0.15, 0.2) is 30.4 Å². The van der Waals surface area contributed by atoms with Gasteiger partial charge in [0.05, 0.1) is 4.92 Å². The molecule has 1 aromatic carbocycles. The number of anilines is 1. The summed E-state index contributed by atoms with van der Waals surface area (Å²) in [5.41, 5.74) is 0.577. The van der Waals surface area contributed by atoms with Gasteiger partial charge in [-0.25, -0.2) is 0 Å². The smallest absolute Gasteiger partial charge is 0.294 e. The Balaban J connectivity index is 1.62. The maximum atomic E-state index is 12.4. The van der Waals surface area contributed by atoms with Gasteiger partial charge in [0, 0.05) is 43.7 Å². The highest BCUT2D eigenvalue weighted by molar-refractivity contribution is 6.30. The highest BCUT2D eigenvalue weighted by atomic mass is 35.5. The third-order valence-electron chi connectivity index (χ3n) is 4.66. The minimum atomic E-state index is -0.412. The van der Waals surface area contributed by atoms with Crippen molar-refractivity contribution in [2.75, 3.05) is 31.1 Å². The topological polar surface area (TPSA) is 66.7 Å². The minimum absolute atomic E-state index is 0.0124. The lowest BCUT2D eigenvalue weighted by atomic mass is 10.0. The third-order valence-corrected chi connectivity index (χ3v) is 4.89. The largest absolute Gasteiger partial charge is 0.362 e. The van der Waals surface area contributed by atoms with Gasteiger partial charge in [-0.2, -0.15) is 0 Å². The lowest BCUT2D eigenvalue weighted by Gasteiger charge is -2.36. The molecule has 1 saturated heterocycles. The first-order valence-corrected chi connectivity index (χ1v) is 8.55. The molecule has 0 N–H and O–H groups in total. The zero-order chi connectivity index (χ0) is 17.1. The third kappa shape index (κ3) is 3.70. The van der Waals surface area contributed by atoms with Crippen molar-refractivity contribution in [3.63, 3.8) is 0 Å². The standard InChI is InChI=1S/C17H20ClN3O3/c18-14-5-6-15(16(12-14)21(23)24)19-7-9-20(10-8-19)17(22)11-13-3-1-2-4-13/h1,3,5-6,12-13H,2,4,7-11H2. The molecule has 1 amide bonds. The molecule has 6 nitrogen and oxygen atoms in total. The van der Waals surface area contributed by atoms with E-state index in [9.17, 15) is 14.9 Å². The normalized spacial score (nSPS) is 20.5. The molecular weight excluding hydrogens is 330 g/mol. The van der Waals surface area contributed by atoms with E-state index in [0.29, 0.717) is 49.2 Å². The molecule has 1 heterocycles. The van der Waals surface area contributed by atoms with E-state index in [4.69, 9.17) is 11.6 Å². The SMILES string of the molecule is O=C(CC1C=CCC1)N1CCN(c2ccc(Cl)cc2[N+](=O)[O-])CC1. The van der Waals surface area contributed by atoms with E-state index in [1.165, 1.54) is 6.07 Å². The van der Waals surface area contributed by atoms with Crippen LogP contribution in [-0.2, 0) is 4.79 Å². The van der Waals surface area contributed by atoms with Crippen molar-refractivity contribution in [2.24, 2.45) is 5.92 Å². The van der Waals surface area contributed by atoms with Crippen molar-refractivity contribution in [2.45, 2.75) is 19.3 Å². The molecule has 24 heavy (non-hydrogen) atoms.